The van der Waals surface area contributed by atoms with E-state index in [0.29, 0.717) is 32.6 Å². The predicted octanol–water partition coefficient (Wildman–Crippen LogP) is 3.44. The quantitative estimate of drug-likeness (QED) is 0.308. The SMILES string of the molecule is CCCCNC(=O)N1CCN(C(=O)C(NC(=O)c2ccc(Cl)c([N+](=O)[O-])c2)C(C)CC)CC1C. The van der Waals surface area contributed by atoms with Gasteiger partial charge >= 0.3 is 6.03 Å². The maximum Gasteiger partial charge on any atom is 0.317 e. The van der Waals surface area contributed by atoms with Crippen LogP contribution in [0.5, 0.6) is 0 Å². The van der Waals surface area contributed by atoms with Gasteiger partial charge < -0.3 is 20.4 Å². The highest BCUT2D eigenvalue weighted by molar-refractivity contribution is 6.32. The van der Waals surface area contributed by atoms with Crippen LogP contribution in [0, 0.1) is 16.0 Å². The molecule has 1 aliphatic heterocycles. The second-order valence-corrected chi connectivity index (χ2v) is 9.08. The Morgan fingerprint density at radius 1 is 1.26 bits per heavy atom. The Morgan fingerprint density at radius 2 is 1.97 bits per heavy atom. The zero-order valence-corrected chi connectivity index (χ0v) is 20.9. The average molecular weight is 496 g/mol. The van der Waals surface area contributed by atoms with Gasteiger partial charge in [0, 0.05) is 43.9 Å². The van der Waals surface area contributed by atoms with Crippen LogP contribution in [-0.4, -0.2) is 70.8 Å². The minimum Gasteiger partial charge on any atom is -0.340 e. The first-order valence-electron chi connectivity index (χ1n) is 11.7. The van der Waals surface area contributed by atoms with Crippen molar-refractivity contribution in [1.82, 2.24) is 20.4 Å². The molecule has 4 amide bonds. The van der Waals surface area contributed by atoms with Gasteiger partial charge in [0.25, 0.3) is 11.6 Å². The van der Waals surface area contributed by atoms with Gasteiger partial charge in [-0.25, -0.2) is 4.79 Å². The number of urea groups is 1. The van der Waals surface area contributed by atoms with E-state index in [1.165, 1.54) is 12.1 Å². The Labute approximate surface area is 205 Å². The summed E-state index contributed by atoms with van der Waals surface area (Å²) in [5.74, 6) is -0.978. The summed E-state index contributed by atoms with van der Waals surface area (Å²) in [5, 5.41) is 16.8. The summed E-state index contributed by atoms with van der Waals surface area (Å²) >= 11 is 5.84. The highest BCUT2D eigenvalue weighted by Gasteiger charge is 2.35. The highest BCUT2D eigenvalue weighted by atomic mass is 35.5. The molecule has 10 nitrogen and oxygen atoms in total. The number of carbonyl (C=O) groups is 3. The van der Waals surface area contributed by atoms with Gasteiger partial charge in [0.2, 0.25) is 5.91 Å². The minimum atomic E-state index is -0.802. The van der Waals surface area contributed by atoms with Gasteiger partial charge in [-0.2, -0.15) is 0 Å². The fourth-order valence-electron chi connectivity index (χ4n) is 3.83. The van der Waals surface area contributed by atoms with Crippen LogP contribution >= 0.6 is 11.6 Å². The van der Waals surface area contributed by atoms with Crippen molar-refractivity contribution in [3.63, 3.8) is 0 Å². The molecule has 34 heavy (non-hydrogen) atoms. The van der Waals surface area contributed by atoms with Crippen molar-refractivity contribution in [2.24, 2.45) is 5.92 Å². The van der Waals surface area contributed by atoms with Crippen molar-refractivity contribution in [2.75, 3.05) is 26.2 Å². The van der Waals surface area contributed by atoms with Crippen molar-refractivity contribution in [3.8, 4) is 0 Å². The van der Waals surface area contributed by atoms with Gasteiger partial charge in [0.15, 0.2) is 0 Å². The molecule has 2 N–H and O–H groups in total. The second-order valence-electron chi connectivity index (χ2n) is 8.67. The Kier molecular flexibility index (Phi) is 10.1. The van der Waals surface area contributed by atoms with E-state index in [1.54, 1.807) is 9.80 Å². The van der Waals surface area contributed by atoms with Crippen molar-refractivity contribution in [3.05, 3.63) is 38.9 Å². The normalized spacial score (nSPS) is 17.6. The molecule has 1 aromatic carbocycles. The average Bonchev–Trinajstić information content (AvgIpc) is 2.81. The molecule has 1 fully saturated rings. The lowest BCUT2D eigenvalue weighted by Crippen LogP contribution is -2.61. The number of halogens is 1. The number of nitro groups is 1. The number of hydrogen-bond donors (Lipinski definition) is 2. The molecule has 188 valence electrons. The smallest absolute Gasteiger partial charge is 0.317 e. The van der Waals surface area contributed by atoms with Crippen molar-refractivity contribution in [2.45, 2.75) is 59.0 Å². The molecule has 0 aliphatic carbocycles. The molecule has 0 radical (unpaired) electrons. The van der Waals surface area contributed by atoms with Crippen LogP contribution in [0.4, 0.5) is 10.5 Å². The van der Waals surface area contributed by atoms with Gasteiger partial charge in [-0.1, -0.05) is 45.2 Å². The first-order valence-corrected chi connectivity index (χ1v) is 12.1. The molecule has 1 saturated heterocycles. The zero-order chi connectivity index (χ0) is 25.4. The van der Waals surface area contributed by atoms with E-state index in [-0.39, 0.29) is 40.2 Å². The Morgan fingerprint density at radius 3 is 2.56 bits per heavy atom. The summed E-state index contributed by atoms with van der Waals surface area (Å²) in [7, 11) is 0. The predicted molar refractivity (Wildman–Crippen MR) is 130 cm³/mol. The summed E-state index contributed by atoms with van der Waals surface area (Å²) in [6, 6.07) is 2.68. The molecule has 3 unspecified atom stereocenters. The molecule has 0 saturated carbocycles. The monoisotopic (exact) mass is 495 g/mol. The molecule has 3 atom stereocenters. The Balaban J connectivity index is 2.10. The van der Waals surface area contributed by atoms with Crippen LogP contribution < -0.4 is 10.6 Å². The van der Waals surface area contributed by atoms with E-state index in [2.05, 4.69) is 17.6 Å². The van der Waals surface area contributed by atoms with Gasteiger partial charge in [-0.3, -0.25) is 19.7 Å². The van der Waals surface area contributed by atoms with Crippen LogP contribution in [0.2, 0.25) is 5.02 Å². The number of piperazine rings is 1. The number of nitro benzene ring substituents is 1. The van der Waals surface area contributed by atoms with E-state index < -0.39 is 16.9 Å². The Bertz CT molecular complexity index is 912. The van der Waals surface area contributed by atoms with E-state index in [0.717, 1.165) is 18.9 Å². The summed E-state index contributed by atoms with van der Waals surface area (Å²) in [5.41, 5.74) is -0.318. The molecule has 0 bridgehead atoms. The van der Waals surface area contributed by atoms with Crippen molar-refractivity contribution in [1.29, 1.82) is 0 Å². The molecule has 1 heterocycles. The molecule has 1 aliphatic rings. The van der Waals surface area contributed by atoms with E-state index in [4.69, 9.17) is 11.6 Å². The number of amides is 4. The van der Waals surface area contributed by atoms with Crippen LogP contribution in [0.1, 0.15) is 57.3 Å². The molecular weight excluding hydrogens is 462 g/mol. The maximum atomic E-state index is 13.4. The topological polar surface area (TPSA) is 125 Å². The number of benzene rings is 1. The maximum absolute atomic E-state index is 13.4. The van der Waals surface area contributed by atoms with Crippen molar-refractivity contribution >= 4 is 35.1 Å². The van der Waals surface area contributed by atoms with Gasteiger partial charge in [-0.05, 0) is 31.4 Å². The second kappa shape index (κ2) is 12.5. The molecule has 1 aromatic rings. The first-order chi connectivity index (χ1) is 16.1. The lowest BCUT2D eigenvalue weighted by molar-refractivity contribution is -0.384. The third-order valence-electron chi connectivity index (χ3n) is 6.18. The van der Waals surface area contributed by atoms with Crippen LogP contribution in [0.25, 0.3) is 0 Å². The summed E-state index contributed by atoms with van der Waals surface area (Å²) < 4.78 is 0. The number of nitrogens with one attached hydrogen (secondary N) is 2. The van der Waals surface area contributed by atoms with E-state index >= 15 is 0 Å². The molecule has 2 rings (SSSR count). The molecule has 0 spiro atoms. The van der Waals surface area contributed by atoms with Gasteiger partial charge in [-0.15, -0.1) is 0 Å². The first kappa shape index (κ1) is 27.4. The Hall–Kier alpha value is -2.88. The number of nitrogens with zero attached hydrogens (tertiary/aromatic N) is 3. The third-order valence-corrected chi connectivity index (χ3v) is 6.50. The summed E-state index contributed by atoms with van der Waals surface area (Å²) in [4.78, 5) is 52.6. The lowest BCUT2D eigenvalue weighted by atomic mass is 9.96. The highest BCUT2D eigenvalue weighted by Crippen LogP contribution is 2.25. The molecule has 11 heteroatoms. The lowest BCUT2D eigenvalue weighted by Gasteiger charge is -2.41. The number of carbonyl (C=O) groups excluding carboxylic acids is 3. The van der Waals surface area contributed by atoms with E-state index in [9.17, 15) is 24.5 Å². The summed E-state index contributed by atoms with van der Waals surface area (Å²) in [6.45, 7) is 9.47. The fraction of sp³-hybridized carbons (Fsp3) is 0.609. The number of unbranched alkanes of at least 4 members (excludes halogenated alkanes) is 1. The third kappa shape index (κ3) is 6.82. The van der Waals surface area contributed by atoms with Crippen LogP contribution in [0.3, 0.4) is 0 Å². The number of rotatable bonds is 9. The van der Waals surface area contributed by atoms with Gasteiger partial charge in [0.05, 0.1) is 4.92 Å². The van der Waals surface area contributed by atoms with Crippen molar-refractivity contribution < 1.29 is 19.3 Å². The fourth-order valence-corrected chi connectivity index (χ4v) is 4.02. The van der Waals surface area contributed by atoms with E-state index in [1.807, 2.05) is 20.8 Å². The molecule has 0 aromatic heterocycles. The standard InChI is InChI=1S/C23H34ClN5O5/c1-5-7-10-25-23(32)28-12-11-27(14-16(28)4)22(31)20(15(3)6-2)26-21(30)17-8-9-18(24)19(13-17)29(33)34/h8-9,13,15-16,20H,5-7,10-12,14H2,1-4H3,(H,25,32)(H,26,30). The molecular formula is C23H34ClN5O5. The minimum absolute atomic E-state index is 0.0548. The zero-order valence-electron chi connectivity index (χ0n) is 20.2. The van der Waals surface area contributed by atoms with Crippen LogP contribution in [-0.2, 0) is 4.79 Å². The van der Waals surface area contributed by atoms with Gasteiger partial charge in [0.1, 0.15) is 11.1 Å². The number of hydrogen-bond acceptors (Lipinski definition) is 5. The largest absolute Gasteiger partial charge is 0.340 e. The van der Waals surface area contributed by atoms with Crippen LogP contribution in [0.15, 0.2) is 18.2 Å². The summed E-state index contributed by atoms with van der Waals surface area (Å²) in [6.07, 6.45) is 2.54.